The zero-order valence-electron chi connectivity index (χ0n) is 14.2. The summed E-state index contributed by atoms with van der Waals surface area (Å²) in [5, 5.41) is 0.564. The van der Waals surface area contributed by atoms with Crippen LogP contribution in [0, 0.1) is 27.7 Å². The number of aromatic nitrogens is 2. The number of ether oxygens (including phenoxy) is 1. The second-order valence-electron chi connectivity index (χ2n) is 5.73. The number of aromatic amines is 1. The van der Waals surface area contributed by atoms with Crippen molar-refractivity contribution in [1.29, 1.82) is 0 Å². The molecule has 0 aliphatic rings. The molecule has 1 N–H and O–H groups in total. The molecular formula is C17H16N2O5S. The third kappa shape index (κ3) is 3.12. The molecule has 0 aromatic carbocycles. The molecule has 8 heteroatoms. The Morgan fingerprint density at radius 3 is 2.68 bits per heavy atom. The number of aryl methyl sites for hydroxylation is 4. The predicted molar refractivity (Wildman–Crippen MR) is 93.3 cm³/mol. The van der Waals surface area contributed by atoms with E-state index in [9.17, 15) is 14.4 Å². The van der Waals surface area contributed by atoms with Crippen LogP contribution in [-0.4, -0.2) is 15.9 Å². The van der Waals surface area contributed by atoms with Crippen LogP contribution in [0.4, 0.5) is 0 Å². The number of H-pyrrole nitrogens is 1. The normalized spacial score (nSPS) is 11.0. The number of fused-ring (bicyclic) bond motifs is 1. The molecule has 3 aromatic rings. The van der Waals surface area contributed by atoms with Crippen LogP contribution in [0.25, 0.3) is 10.2 Å². The number of thiophene rings is 1. The average molecular weight is 360 g/mol. The van der Waals surface area contributed by atoms with Crippen LogP contribution in [0.2, 0.25) is 0 Å². The summed E-state index contributed by atoms with van der Waals surface area (Å²) >= 11 is 1.42. The van der Waals surface area contributed by atoms with Crippen LogP contribution in [0.5, 0.6) is 0 Å². The van der Waals surface area contributed by atoms with Gasteiger partial charge in [0, 0.05) is 10.9 Å². The van der Waals surface area contributed by atoms with Gasteiger partial charge in [0.1, 0.15) is 28.6 Å². The number of rotatable bonds is 3. The van der Waals surface area contributed by atoms with Crippen molar-refractivity contribution in [3.8, 4) is 0 Å². The molecular weight excluding hydrogens is 344 g/mol. The molecule has 130 valence electrons. The molecule has 0 saturated heterocycles. The van der Waals surface area contributed by atoms with Crippen molar-refractivity contribution in [3.05, 3.63) is 60.0 Å². The molecule has 0 atom stereocenters. The van der Waals surface area contributed by atoms with Crippen molar-refractivity contribution in [1.82, 2.24) is 9.97 Å². The van der Waals surface area contributed by atoms with Crippen molar-refractivity contribution in [2.45, 2.75) is 34.3 Å². The number of carbonyl (C=O) groups excluding carboxylic acids is 1. The first-order valence-electron chi connectivity index (χ1n) is 7.55. The summed E-state index contributed by atoms with van der Waals surface area (Å²) in [5.41, 5.74) is 0.802. The summed E-state index contributed by atoms with van der Waals surface area (Å²) in [4.78, 5) is 44.4. The third-order valence-corrected chi connectivity index (χ3v) is 5.07. The highest BCUT2D eigenvalue weighted by molar-refractivity contribution is 7.18. The summed E-state index contributed by atoms with van der Waals surface area (Å²) in [5.74, 6) is -0.184. The first-order valence-corrected chi connectivity index (χ1v) is 8.37. The van der Waals surface area contributed by atoms with Gasteiger partial charge in [0.25, 0.3) is 5.56 Å². The number of carbonyl (C=O) groups is 1. The van der Waals surface area contributed by atoms with Crippen LogP contribution >= 0.6 is 11.3 Å². The van der Waals surface area contributed by atoms with Gasteiger partial charge in [0.2, 0.25) is 0 Å². The maximum atomic E-state index is 12.3. The van der Waals surface area contributed by atoms with E-state index in [1.807, 2.05) is 13.8 Å². The van der Waals surface area contributed by atoms with Crippen molar-refractivity contribution in [2.24, 2.45) is 0 Å². The Hall–Kier alpha value is -2.74. The summed E-state index contributed by atoms with van der Waals surface area (Å²) in [6.45, 7) is 6.77. The second-order valence-corrected chi connectivity index (χ2v) is 6.93. The molecule has 3 aromatic heterocycles. The number of hydrogen-bond acceptors (Lipinski definition) is 7. The van der Waals surface area contributed by atoms with Crippen LogP contribution in [0.1, 0.15) is 37.9 Å². The second kappa shape index (κ2) is 6.29. The van der Waals surface area contributed by atoms with Gasteiger partial charge < -0.3 is 14.1 Å². The van der Waals surface area contributed by atoms with Gasteiger partial charge in [0.15, 0.2) is 0 Å². The van der Waals surface area contributed by atoms with E-state index in [2.05, 4.69) is 9.97 Å². The Labute approximate surface area is 146 Å². The molecule has 0 bridgehead atoms. The number of nitrogens with one attached hydrogen (secondary N) is 1. The summed E-state index contributed by atoms with van der Waals surface area (Å²) < 4.78 is 10.2. The molecule has 0 amide bonds. The fourth-order valence-electron chi connectivity index (χ4n) is 2.64. The highest BCUT2D eigenvalue weighted by atomic mass is 32.1. The Morgan fingerprint density at radius 2 is 2.00 bits per heavy atom. The minimum Gasteiger partial charge on any atom is -0.454 e. The van der Waals surface area contributed by atoms with E-state index in [-0.39, 0.29) is 29.3 Å². The van der Waals surface area contributed by atoms with E-state index < -0.39 is 11.6 Å². The third-order valence-electron chi connectivity index (χ3n) is 3.97. The standard InChI is InChI=1S/C17H16N2O5S/c1-7-5-12(20)24-9(3)13(7)17(22)23-6-11-18-15(21)14-8(2)10(4)25-16(14)19-11/h5H,6H2,1-4H3,(H,18,19,21). The van der Waals surface area contributed by atoms with Crippen LogP contribution < -0.4 is 11.2 Å². The Balaban J connectivity index is 1.87. The Bertz CT molecular complexity index is 1080. The Morgan fingerprint density at radius 1 is 1.28 bits per heavy atom. The number of hydrogen-bond donors (Lipinski definition) is 1. The Kier molecular flexibility index (Phi) is 4.30. The number of nitrogens with zero attached hydrogens (tertiary/aromatic N) is 1. The van der Waals surface area contributed by atoms with Crippen molar-refractivity contribution in [2.75, 3.05) is 0 Å². The molecule has 3 heterocycles. The van der Waals surface area contributed by atoms with E-state index in [1.165, 1.54) is 24.3 Å². The van der Waals surface area contributed by atoms with E-state index in [0.29, 0.717) is 15.8 Å². The minimum atomic E-state index is -0.639. The largest absolute Gasteiger partial charge is 0.454 e. The van der Waals surface area contributed by atoms with Crippen molar-refractivity contribution in [3.63, 3.8) is 0 Å². The quantitative estimate of drug-likeness (QED) is 0.720. The molecule has 0 spiro atoms. The van der Waals surface area contributed by atoms with Crippen LogP contribution in [-0.2, 0) is 11.3 Å². The lowest BCUT2D eigenvalue weighted by Gasteiger charge is -2.08. The van der Waals surface area contributed by atoms with Gasteiger partial charge in [-0.05, 0) is 38.8 Å². The first-order chi connectivity index (χ1) is 11.8. The lowest BCUT2D eigenvalue weighted by molar-refractivity contribution is 0.0457. The fraction of sp³-hybridized carbons (Fsp3) is 0.294. The van der Waals surface area contributed by atoms with E-state index in [4.69, 9.17) is 9.15 Å². The lowest BCUT2D eigenvalue weighted by atomic mass is 10.1. The maximum absolute atomic E-state index is 12.3. The predicted octanol–water partition coefficient (Wildman–Crippen LogP) is 2.53. The zero-order chi connectivity index (χ0) is 18.3. The van der Waals surface area contributed by atoms with Gasteiger partial charge in [-0.25, -0.2) is 14.6 Å². The monoisotopic (exact) mass is 360 g/mol. The van der Waals surface area contributed by atoms with Crippen molar-refractivity contribution >= 4 is 27.5 Å². The molecule has 3 rings (SSSR count). The molecule has 0 fully saturated rings. The summed E-state index contributed by atoms with van der Waals surface area (Å²) in [6.07, 6.45) is 0. The highest BCUT2D eigenvalue weighted by Gasteiger charge is 2.18. The summed E-state index contributed by atoms with van der Waals surface area (Å²) in [6, 6.07) is 1.23. The zero-order valence-corrected chi connectivity index (χ0v) is 15.0. The number of esters is 1. The SMILES string of the molecule is Cc1cc(=O)oc(C)c1C(=O)OCc1nc2sc(C)c(C)c2c(=O)[nH]1. The molecule has 0 saturated carbocycles. The first kappa shape index (κ1) is 17.1. The minimum absolute atomic E-state index is 0.183. The molecule has 0 aliphatic carbocycles. The lowest BCUT2D eigenvalue weighted by Crippen LogP contribution is -2.16. The van der Waals surface area contributed by atoms with Crippen LogP contribution in [0.15, 0.2) is 20.1 Å². The molecule has 25 heavy (non-hydrogen) atoms. The van der Waals surface area contributed by atoms with E-state index in [0.717, 1.165) is 10.4 Å². The van der Waals surface area contributed by atoms with E-state index >= 15 is 0 Å². The van der Waals surface area contributed by atoms with Gasteiger partial charge in [0.05, 0.1) is 5.39 Å². The average Bonchev–Trinajstić information content (AvgIpc) is 2.79. The van der Waals surface area contributed by atoms with Crippen LogP contribution in [0.3, 0.4) is 0 Å². The molecule has 7 nitrogen and oxygen atoms in total. The topological polar surface area (TPSA) is 102 Å². The van der Waals surface area contributed by atoms with Gasteiger partial charge in [-0.3, -0.25) is 4.79 Å². The smallest absolute Gasteiger partial charge is 0.342 e. The highest BCUT2D eigenvalue weighted by Crippen LogP contribution is 2.25. The fourth-order valence-corrected chi connectivity index (χ4v) is 3.69. The molecule has 0 aliphatic heterocycles. The van der Waals surface area contributed by atoms with E-state index in [1.54, 1.807) is 6.92 Å². The van der Waals surface area contributed by atoms with Gasteiger partial charge >= 0.3 is 11.6 Å². The molecule has 0 radical (unpaired) electrons. The van der Waals surface area contributed by atoms with Gasteiger partial charge in [-0.2, -0.15) is 0 Å². The van der Waals surface area contributed by atoms with Gasteiger partial charge in [-0.1, -0.05) is 0 Å². The molecule has 0 unspecified atom stereocenters. The van der Waals surface area contributed by atoms with Crippen molar-refractivity contribution < 1.29 is 13.9 Å². The van der Waals surface area contributed by atoms with Gasteiger partial charge in [-0.15, -0.1) is 11.3 Å². The maximum Gasteiger partial charge on any atom is 0.342 e. The summed E-state index contributed by atoms with van der Waals surface area (Å²) in [7, 11) is 0.